The summed E-state index contributed by atoms with van der Waals surface area (Å²) in [4.78, 5) is 49.3. The van der Waals surface area contributed by atoms with Gasteiger partial charge in [0, 0.05) is 31.9 Å². The number of carbonyl (C=O) groups excluding carboxylic acids is 3. The van der Waals surface area contributed by atoms with Crippen LogP contribution in [0.1, 0.15) is 49.7 Å². The third-order valence-electron chi connectivity index (χ3n) is 9.46. The zero-order chi connectivity index (χ0) is 29.1. The average molecular weight is 565 g/mol. The highest BCUT2D eigenvalue weighted by Crippen LogP contribution is 2.40. The lowest BCUT2D eigenvalue weighted by atomic mass is 9.83. The summed E-state index contributed by atoms with van der Waals surface area (Å²) in [7, 11) is 0. The zero-order valence-corrected chi connectivity index (χ0v) is 24.4. The monoisotopic (exact) mass is 564 g/mol. The van der Waals surface area contributed by atoms with Crippen molar-refractivity contribution in [2.45, 2.75) is 44.1 Å². The van der Waals surface area contributed by atoms with Crippen molar-refractivity contribution in [2.24, 2.45) is 5.92 Å². The minimum Gasteiger partial charge on any atom is -0.342 e. The van der Waals surface area contributed by atoms with Gasteiger partial charge in [0.25, 0.3) is 5.91 Å². The van der Waals surface area contributed by atoms with Gasteiger partial charge in [0.2, 0.25) is 11.8 Å². The number of piperidine rings is 2. The largest absolute Gasteiger partial charge is 0.342 e. The molecule has 7 heteroatoms. The number of carbonyl (C=O) groups is 3. The third kappa shape index (κ3) is 5.40. The van der Waals surface area contributed by atoms with Crippen LogP contribution in [0.4, 0.5) is 5.69 Å². The van der Waals surface area contributed by atoms with Crippen molar-refractivity contribution in [1.82, 2.24) is 14.7 Å². The Morgan fingerprint density at radius 1 is 0.762 bits per heavy atom. The molecule has 0 aromatic heterocycles. The second-order valence-electron chi connectivity index (χ2n) is 12.1. The molecule has 0 saturated carbocycles. The number of para-hydroxylation sites is 1. The van der Waals surface area contributed by atoms with Crippen LogP contribution >= 0.6 is 0 Å². The van der Waals surface area contributed by atoms with Crippen LogP contribution < -0.4 is 4.90 Å². The van der Waals surface area contributed by atoms with E-state index in [1.165, 1.54) is 0 Å². The minimum atomic E-state index is -0.774. The number of benzene rings is 3. The van der Waals surface area contributed by atoms with Gasteiger partial charge in [-0.2, -0.15) is 0 Å². The van der Waals surface area contributed by atoms with Crippen molar-refractivity contribution in [2.75, 3.05) is 44.3 Å². The van der Waals surface area contributed by atoms with E-state index < -0.39 is 11.5 Å². The molecule has 0 unspecified atom stereocenters. The van der Waals surface area contributed by atoms with E-state index in [1.54, 1.807) is 4.90 Å². The van der Waals surface area contributed by atoms with Crippen LogP contribution in [0.2, 0.25) is 0 Å². The quantitative estimate of drug-likeness (QED) is 0.434. The van der Waals surface area contributed by atoms with Gasteiger partial charge in [-0.25, -0.2) is 0 Å². The number of rotatable bonds is 6. The molecule has 218 valence electrons. The summed E-state index contributed by atoms with van der Waals surface area (Å²) in [6.07, 6.45) is 3.07. The van der Waals surface area contributed by atoms with Gasteiger partial charge in [-0.15, -0.1) is 0 Å². The first-order chi connectivity index (χ1) is 20.5. The maximum atomic E-state index is 14.2. The van der Waals surface area contributed by atoms with Gasteiger partial charge in [-0.1, -0.05) is 85.8 Å². The van der Waals surface area contributed by atoms with Crippen LogP contribution in [0.25, 0.3) is 0 Å². The van der Waals surface area contributed by atoms with E-state index in [4.69, 9.17) is 0 Å². The van der Waals surface area contributed by atoms with Crippen LogP contribution in [0.3, 0.4) is 0 Å². The summed E-state index contributed by atoms with van der Waals surface area (Å²) in [6.45, 7) is 5.19. The highest BCUT2D eigenvalue weighted by Gasteiger charge is 2.54. The first kappa shape index (κ1) is 28.0. The highest BCUT2D eigenvalue weighted by molar-refractivity contribution is 5.96. The molecule has 0 atom stereocenters. The Labute approximate surface area is 248 Å². The first-order valence-corrected chi connectivity index (χ1v) is 15.2. The van der Waals surface area contributed by atoms with E-state index in [9.17, 15) is 14.4 Å². The second-order valence-corrected chi connectivity index (χ2v) is 12.1. The second kappa shape index (κ2) is 12.0. The Hall–Kier alpha value is -4.13. The summed E-state index contributed by atoms with van der Waals surface area (Å²) in [5.74, 6) is 0.328. The Bertz CT molecular complexity index is 1340. The topological polar surface area (TPSA) is 64.2 Å². The van der Waals surface area contributed by atoms with Crippen molar-refractivity contribution >= 4 is 23.4 Å². The van der Waals surface area contributed by atoms with Gasteiger partial charge < -0.3 is 19.6 Å². The number of anilines is 1. The molecule has 0 N–H and O–H groups in total. The fourth-order valence-corrected chi connectivity index (χ4v) is 6.89. The lowest BCUT2D eigenvalue weighted by molar-refractivity contribution is -0.142. The zero-order valence-electron chi connectivity index (χ0n) is 24.4. The molecule has 3 aliphatic heterocycles. The first-order valence-electron chi connectivity index (χ1n) is 15.2. The Balaban J connectivity index is 1.22. The molecule has 3 aromatic carbocycles. The lowest BCUT2D eigenvalue weighted by Crippen LogP contribution is -2.58. The summed E-state index contributed by atoms with van der Waals surface area (Å²) < 4.78 is 0. The molecular formula is C35H40N4O3. The number of likely N-dealkylation sites (tertiary alicyclic amines) is 2. The molecular weight excluding hydrogens is 524 g/mol. The van der Waals surface area contributed by atoms with E-state index in [0.717, 1.165) is 42.7 Å². The van der Waals surface area contributed by atoms with Crippen molar-refractivity contribution in [3.8, 4) is 0 Å². The normalized spacial score (nSPS) is 19.1. The van der Waals surface area contributed by atoms with Crippen LogP contribution in [0, 0.1) is 5.92 Å². The van der Waals surface area contributed by atoms with Crippen molar-refractivity contribution in [1.29, 1.82) is 0 Å². The predicted octanol–water partition coefficient (Wildman–Crippen LogP) is 4.74. The predicted molar refractivity (Wildman–Crippen MR) is 164 cm³/mol. The fourth-order valence-electron chi connectivity index (χ4n) is 6.89. The Kier molecular flexibility index (Phi) is 8.00. The van der Waals surface area contributed by atoms with Crippen molar-refractivity contribution in [3.05, 3.63) is 102 Å². The molecule has 0 bridgehead atoms. The van der Waals surface area contributed by atoms with E-state index in [-0.39, 0.29) is 24.3 Å². The molecule has 3 heterocycles. The standard InChI is InChI=1S/C35H40N4O3/c1-27-17-21-36(22-18-27)31(40)25-38-26-39(30-15-9-4-10-16-30)35(34(38)42)19-23-37(24-20-35)33(41)32(28-11-5-2-6-12-28)29-13-7-3-8-14-29/h2-16,27,32H,17-26H2,1H3. The number of hydrogen-bond donors (Lipinski definition) is 0. The van der Waals surface area contributed by atoms with E-state index in [0.29, 0.717) is 38.5 Å². The number of hydrogen-bond acceptors (Lipinski definition) is 4. The van der Waals surface area contributed by atoms with Crippen LogP contribution in [-0.2, 0) is 14.4 Å². The highest BCUT2D eigenvalue weighted by atomic mass is 16.2. The molecule has 0 aliphatic carbocycles. The molecule has 7 nitrogen and oxygen atoms in total. The molecule has 3 saturated heterocycles. The van der Waals surface area contributed by atoms with E-state index in [2.05, 4.69) is 11.8 Å². The van der Waals surface area contributed by atoms with Gasteiger partial charge in [-0.3, -0.25) is 14.4 Å². The summed E-state index contributed by atoms with van der Waals surface area (Å²) in [5.41, 5.74) is 2.13. The fraction of sp³-hybridized carbons (Fsp3) is 0.400. The lowest BCUT2D eigenvalue weighted by Gasteiger charge is -2.44. The maximum absolute atomic E-state index is 14.2. The van der Waals surface area contributed by atoms with E-state index >= 15 is 0 Å². The number of amides is 3. The molecule has 3 aliphatic rings. The van der Waals surface area contributed by atoms with Crippen LogP contribution in [-0.4, -0.2) is 77.4 Å². The number of nitrogens with zero attached hydrogens (tertiary/aromatic N) is 4. The SMILES string of the molecule is CC1CCN(C(=O)CN2CN(c3ccccc3)C3(CCN(C(=O)C(c4ccccc4)c4ccccc4)CC3)C2=O)CC1. The molecule has 3 amide bonds. The molecule has 42 heavy (non-hydrogen) atoms. The van der Waals surface area contributed by atoms with Crippen LogP contribution in [0.5, 0.6) is 0 Å². The van der Waals surface area contributed by atoms with Gasteiger partial charge in [0.15, 0.2) is 0 Å². The molecule has 0 radical (unpaired) electrons. The smallest absolute Gasteiger partial charge is 0.250 e. The molecule has 6 rings (SSSR count). The molecule has 3 aromatic rings. The third-order valence-corrected chi connectivity index (χ3v) is 9.46. The van der Waals surface area contributed by atoms with Gasteiger partial charge >= 0.3 is 0 Å². The minimum absolute atomic E-state index is 0.000140. The summed E-state index contributed by atoms with van der Waals surface area (Å²) >= 11 is 0. The van der Waals surface area contributed by atoms with Gasteiger partial charge in [0.1, 0.15) is 12.1 Å². The summed E-state index contributed by atoms with van der Waals surface area (Å²) in [6, 6.07) is 29.9. The molecule has 1 spiro atoms. The van der Waals surface area contributed by atoms with Gasteiger partial charge in [-0.05, 0) is 54.9 Å². The van der Waals surface area contributed by atoms with Crippen LogP contribution in [0.15, 0.2) is 91.0 Å². The maximum Gasteiger partial charge on any atom is 0.250 e. The van der Waals surface area contributed by atoms with Crippen molar-refractivity contribution < 1.29 is 14.4 Å². The Morgan fingerprint density at radius 3 is 1.83 bits per heavy atom. The van der Waals surface area contributed by atoms with Gasteiger partial charge in [0.05, 0.1) is 12.6 Å². The molecule has 3 fully saturated rings. The average Bonchev–Trinajstić information content (AvgIpc) is 3.29. The Morgan fingerprint density at radius 2 is 1.29 bits per heavy atom. The summed E-state index contributed by atoms with van der Waals surface area (Å²) in [5, 5.41) is 0. The van der Waals surface area contributed by atoms with Crippen molar-refractivity contribution in [3.63, 3.8) is 0 Å². The van der Waals surface area contributed by atoms with E-state index in [1.807, 2.05) is 101 Å².